The van der Waals surface area contributed by atoms with Gasteiger partial charge in [0.2, 0.25) is 0 Å². The summed E-state index contributed by atoms with van der Waals surface area (Å²) < 4.78 is 27.2. The van der Waals surface area contributed by atoms with Crippen LogP contribution < -0.4 is 10.6 Å². The summed E-state index contributed by atoms with van der Waals surface area (Å²) >= 11 is 0. The number of halogens is 2. The minimum atomic E-state index is -1.19. The van der Waals surface area contributed by atoms with Gasteiger partial charge in [-0.1, -0.05) is 30.3 Å². The van der Waals surface area contributed by atoms with Gasteiger partial charge in [0.15, 0.2) is 0 Å². The third-order valence-corrected chi connectivity index (χ3v) is 3.56. The molecule has 0 saturated carbocycles. The number of anilines is 1. The maximum Gasteiger partial charge on any atom is 0.326 e. The Balaban J connectivity index is 1.66. The molecule has 0 radical (unpaired) electrons. The van der Waals surface area contributed by atoms with Crippen LogP contribution in [0.3, 0.4) is 0 Å². The molecule has 0 bridgehead atoms. The zero-order chi connectivity index (χ0) is 19.9. The first-order chi connectivity index (χ1) is 13.5. The number of carbonyl (C=O) groups is 2. The smallest absolute Gasteiger partial charge is 0.308 e. The van der Waals surface area contributed by atoms with Gasteiger partial charge in [-0.25, -0.2) is 13.6 Å². The first kappa shape index (κ1) is 18.8. The van der Waals surface area contributed by atoms with Crippen molar-refractivity contribution in [3.63, 3.8) is 0 Å². The summed E-state index contributed by atoms with van der Waals surface area (Å²) in [7, 11) is 0. The number of amides is 3. The lowest BCUT2D eigenvalue weighted by Gasteiger charge is -2.08. The predicted molar refractivity (Wildman–Crippen MR) is 99.9 cm³/mol. The van der Waals surface area contributed by atoms with E-state index < -0.39 is 29.1 Å². The Morgan fingerprint density at radius 2 is 1.36 bits per heavy atom. The number of imide groups is 1. The molecule has 3 aromatic rings. The van der Waals surface area contributed by atoms with Crippen LogP contribution in [-0.4, -0.2) is 11.9 Å². The molecular formula is C20H14F2N4O2. The average Bonchev–Trinajstić information content (AvgIpc) is 2.67. The third kappa shape index (κ3) is 4.82. The topological polar surface area (TPSA) is 82.9 Å². The Morgan fingerprint density at radius 1 is 0.750 bits per heavy atom. The fraction of sp³-hybridized carbons (Fsp3) is 0. The second-order valence-electron chi connectivity index (χ2n) is 5.59. The lowest BCUT2D eigenvalue weighted by atomic mass is 10.2. The molecule has 2 N–H and O–H groups in total. The molecule has 3 rings (SSSR count). The van der Waals surface area contributed by atoms with Gasteiger partial charge in [-0.2, -0.15) is 10.2 Å². The number of hydrogen-bond acceptors (Lipinski definition) is 4. The van der Waals surface area contributed by atoms with Gasteiger partial charge < -0.3 is 5.32 Å². The Morgan fingerprint density at radius 3 is 2.07 bits per heavy atom. The Kier molecular flexibility index (Phi) is 5.81. The van der Waals surface area contributed by atoms with Crippen molar-refractivity contribution in [1.82, 2.24) is 5.32 Å². The molecule has 8 heteroatoms. The molecule has 0 heterocycles. The molecule has 6 nitrogen and oxygen atoms in total. The van der Waals surface area contributed by atoms with E-state index in [4.69, 9.17) is 0 Å². The van der Waals surface area contributed by atoms with Gasteiger partial charge in [-0.15, -0.1) is 0 Å². The van der Waals surface area contributed by atoms with Crippen LogP contribution in [0.1, 0.15) is 10.4 Å². The maximum absolute atomic E-state index is 13.6. The minimum Gasteiger partial charge on any atom is -0.308 e. The lowest BCUT2D eigenvalue weighted by Crippen LogP contribution is -2.35. The second kappa shape index (κ2) is 8.63. The van der Waals surface area contributed by atoms with Crippen molar-refractivity contribution in [2.24, 2.45) is 10.2 Å². The van der Waals surface area contributed by atoms with Gasteiger partial charge in [0.25, 0.3) is 5.91 Å². The van der Waals surface area contributed by atoms with Gasteiger partial charge in [0.1, 0.15) is 17.2 Å². The molecule has 0 unspecified atom stereocenters. The van der Waals surface area contributed by atoms with E-state index in [-0.39, 0.29) is 0 Å². The highest BCUT2D eigenvalue weighted by atomic mass is 19.1. The van der Waals surface area contributed by atoms with Crippen LogP contribution >= 0.6 is 0 Å². The van der Waals surface area contributed by atoms with Gasteiger partial charge >= 0.3 is 6.03 Å². The summed E-state index contributed by atoms with van der Waals surface area (Å²) in [6, 6.07) is 17.5. The standard InChI is InChI=1S/C20H14F2N4O2/c21-16-10-5-11-17(22)18(16)19(27)24-20(28)23-14-8-4-9-15(12-14)26-25-13-6-2-1-3-7-13/h1-12H,(H2,23,24,27,28). The zero-order valence-corrected chi connectivity index (χ0v) is 14.4. The van der Waals surface area contributed by atoms with E-state index in [2.05, 4.69) is 15.5 Å². The number of nitrogens with zero attached hydrogens (tertiary/aromatic N) is 2. The van der Waals surface area contributed by atoms with Crippen LogP contribution in [0.2, 0.25) is 0 Å². The fourth-order valence-corrected chi connectivity index (χ4v) is 2.30. The van der Waals surface area contributed by atoms with Crippen molar-refractivity contribution in [3.05, 3.63) is 90.0 Å². The molecule has 0 aliphatic heterocycles. The number of rotatable bonds is 4. The molecule has 0 saturated heterocycles. The Labute approximate surface area is 158 Å². The van der Waals surface area contributed by atoms with E-state index in [9.17, 15) is 18.4 Å². The molecule has 0 aliphatic rings. The van der Waals surface area contributed by atoms with Gasteiger partial charge in [0, 0.05) is 5.69 Å². The van der Waals surface area contributed by atoms with Crippen LogP contribution in [0.4, 0.5) is 30.6 Å². The van der Waals surface area contributed by atoms with Gasteiger partial charge in [-0.05, 0) is 42.5 Å². The fourth-order valence-electron chi connectivity index (χ4n) is 2.30. The summed E-state index contributed by atoms with van der Waals surface area (Å²) in [6.07, 6.45) is 0. The molecule has 3 amide bonds. The summed E-state index contributed by atoms with van der Waals surface area (Å²) in [5.74, 6) is -3.31. The summed E-state index contributed by atoms with van der Waals surface area (Å²) in [4.78, 5) is 23.9. The highest BCUT2D eigenvalue weighted by Crippen LogP contribution is 2.21. The van der Waals surface area contributed by atoms with E-state index in [1.54, 1.807) is 30.3 Å². The van der Waals surface area contributed by atoms with Crippen LogP contribution in [0, 0.1) is 11.6 Å². The van der Waals surface area contributed by atoms with Crippen molar-refractivity contribution in [2.75, 3.05) is 5.32 Å². The van der Waals surface area contributed by atoms with Crippen molar-refractivity contribution in [3.8, 4) is 0 Å². The number of urea groups is 1. The highest BCUT2D eigenvalue weighted by molar-refractivity contribution is 6.08. The van der Waals surface area contributed by atoms with E-state index in [1.165, 1.54) is 6.07 Å². The SMILES string of the molecule is O=C(NC(=O)c1c(F)cccc1F)Nc1cccc(N=Nc2ccccc2)c1. The number of hydrogen-bond donors (Lipinski definition) is 2. The largest absolute Gasteiger partial charge is 0.326 e. The van der Waals surface area contributed by atoms with Crippen molar-refractivity contribution in [1.29, 1.82) is 0 Å². The Hall–Kier alpha value is -3.94. The number of carbonyl (C=O) groups excluding carboxylic acids is 2. The van der Waals surface area contributed by atoms with Crippen LogP contribution in [-0.2, 0) is 0 Å². The monoisotopic (exact) mass is 380 g/mol. The summed E-state index contributed by atoms with van der Waals surface area (Å²) in [5.41, 5.74) is 0.621. The summed E-state index contributed by atoms with van der Waals surface area (Å²) in [6.45, 7) is 0. The summed E-state index contributed by atoms with van der Waals surface area (Å²) in [5, 5.41) is 12.4. The predicted octanol–water partition coefficient (Wildman–Crippen LogP) is 5.34. The zero-order valence-electron chi connectivity index (χ0n) is 14.4. The van der Waals surface area contributed by atoms with Gasteiger partial charge in [0.05, 0.1) is 11.4 Å². The van der Waals surface area contributed by atoms with E-state index >= 15 is 0 Å². The lowest BCUT2D eigenvalue weighted by molar-refractivity contribution is 0.0959. The molecule has 0 atom stereocenters. The first-order valence-electron chi connectivity index (χ1n) is 8.16. The van der Waals surface area contributed by atoms with Crippen molar-refractivity contribution < 1.29 is 18.4 Å². The molecule has 0 aromatic heterocycles. The number of nitrogens with one attached hydrogen (secondary N) is 2. The second-order valence-corrected chi connectivity index (χ2v) is 5.59. The van der Waals surface area contributed by atoms with Crippen molar-refractivity contribution in [2.45, 2.75) is 0 Å². The third-order valence-electron chi connectivity index (χ3n) is 3.56. The molecule has 28 heavy (non-hydrogen) atoms. The van der Waals surface area contributed by atoms with Crippen molar-refractivity contribution >= 4 is 29.0 Å². The number of benzene rings is 3. The van der Waals surface area contributed by atoms with E-state index in [0.717, 1.165) is 18.2 Å². The van der Waals surface area contributed by atoms with E-state index in [1.807, 2.05) is 23.5 Å². The minimum absolute atomic E-state index is 0.323. The van der Waals surface area contributed by atoms with Crippen LogP contribution in [0.5, 0.6) is 0 Å². The normalized spacial score (nSPS) is 10.6. The van der Waals surface area contributed by atoms with Gasteiger partial charge in [-0.3, -0.25) is 10.1 Å². The molecule has 3 aromatic carbocycles. The molecule has 0 fully saturated rings. The molecule has 0 spiro atoms. The highest BCUT2D eigenvalue weighted by Gasteiger charge is 2.19. The quantitative estimate of drug-likeness (QED) is 0.599. The molecule has 0 aliphatic carbocycles. The maximum atomic E-state index is 13.6. The van der Waals surface area contributed by atoms with Crippen LogP contribution in [0.25, 0.3) is 0 Å². The van der Waals surface area contributed by atoms with E-state index in [0.29, 0.717) is 17.1 Å². The Bertz CT molecular complexity index is 1020. The van der Waals surface area contributed by atoms with Crippen LogP contribution in [0.15, 0.2) is 83.0 Å². The number of azo groups is 1. The molecular weight excluding hydrogens is 366 g/mol. The average molecular weight is 380 g/mol. The molecule has 140 valence electrons. The first-order valence-corrected chi connectivity index (χ1v) is 8.16.